The van der Waals surface area contributed by atoms with Crippen LogP contribution in [-0.4, -0.2) is 27.5 Å². The molecule has 6 nitrogen and oxygen atoms in total. The minimum atomic E-state index is -4.89. The third kappa shape index (κ3) is 5.39. The molecular formula is C30H21F7N2O4. The maximum atomic E-state index is 15.3. The number of aromatic nitrogens is 2. The second-order valence-corrected chi connectivity index (χ2v) is 10.3. The Morgan fingerprint density at radius 1 is 1.02 bits per heavy atom. The summed E-state index contributed by atoms with van der Waals surface area (Å²) in [6.07, 6.45) is -9.22. The zero-order valence-electron chi connectivity index (χ0n) is 22.0. The van der Waals surface area contributed by atoms with Gasteiger partial charge >= 0.3 is 18.3 Å². The van der Waals surface area contributed by atoms with Gasteiger partial charge in [0.25, 0.3) is 0 Å². The molecule has 0 radical (unpaired) electrons. The summed E-state index contributed by atoms with van der Waals surface area (Å²) >= 11 is 0. The van der Waals surface area contributed by atoms with E-state index < -0.39 is 41.5 Å². The molecule has 43 heavy (non-hydrogen) atoms. The lowest BCUT2D eigenvalue weighted by atomic mass is 9.90. The van der Waals surface area contributed by atoms with Crippen LogP contribution in [0, 0.1) is 5.82 Å². The van der Waals surface area contributed by atoms with Crippen LogP contribution in [0.15, 0.2) is 60.8 Å². The van der Waals surface area contributed by atoms with E-state index in [1.54, 1.807) is 18.2 Å². The molecule has 1 unspecified atom stereocenters. The number of halogens is 7. The fourth-order valence-electron chi connectivity index (χ4n) is 5.69. The number of aliphatic carboxylic acids is 1. The maximum absolute atomic E-state index is 15.3. The number of alkyl halides is 6. The van der Waals surface area contributed by atoms with Crippen molar-refractivity contribution in [2.75, 3.05) is 6.61 Å². The lowest BCUT2D eigenvalue weighted by molar-refractivity contribution is -0.141. The topological polar surface area (TPSA) is 73.6 Å². The van der Waals surface area contributed by atoms with Gasteiger partial charge in [0.2, 0.25) is 0 Å². The second kappa shape index (κ2) is 10.3. The van der Waals surface area contributed by atoms with Crippen molar-refractivity contribution in [3.8, 4) is 28.3 Å². The summed E-state index contributed by atoms with van der Waals surface area (Å²) in [6, 6.07) is 11.3. The van der Waals surface area contributed by atoms with Gasteiger partial charge in [-0.1, -0.05) is 18.2 Å². The van der Waals surface area contributed by atoms with Gasteiger partial charge < -0.3 is 14.6 Å². The highest BCUT2D eigenvalue weighted by Crippen LogP contribution is 2.48. The van der Waals surface area contributed by atoms with Crippen molar-refractivity contribution in [3.05, 3.63) is 94.6 Å². The molecule has 4 aromatic rings. The zero-order chi connectivity index (χ0) is 30.7. The molecular weight excluding hydrogens is 585 g/mol. The smallest absolute Gasteiger partial charge is 0.435 e. The van der Waals surface area contributed by atoms with Crippen molar-refractivity contribution in [1.82, 2.24) is 9.78 Å². The molecule has 3 aromatic carbocycles. The molecule has 2 aliphatic rings. The fraction of sp³-hybridized carbons (Fsp3) is 0.267. The predicted molar refractivity (Wildman–Crippen MR) is 138 cm³/mol. The minimum Gasteiger partial charge on any atom is -0.492 e. The summed E-state index contributed by atoms with van der Waals surface area (Å²) in [7, 11) is 0. The van der Waals surface area contributed by atoms with Gasteiger partial charge in [-0.05, 0) is 59.9 Å². The number of carboxylic acid groups (broad SMARTS) is 1. The van der Waals surface area contributed by atoms with Crippen LogP contribution in [0.25, 0.3) is 16.8 Å². The monoisotopic (exact) mass is 606 g/mol. The predicted octanol–water partition coefficient (Wildman–Crippen LogP) is 7.73. The molecule has 0 saturated carbocycles. The van der Waals surface area contributed by atoms with Crippen LogP contribution < -0.4 is 9.47 Å². The van der Waals surface area contributed by atoms with E-state index in [1.165, 1.54) is 24.3 Å². The van der Waals surface area contributed by atoms with Crippen LogP contribution >= 0.6 is 0 Å². The van der Waals surface area contributed by atoms with Gasteiger partial charge in [-0.2, -0.15) is 31.4 Å². The first kappa shape index (κ1) is 28.6. The molecule has 1 N–H and O–H groups in total. The summed E-state index contributed by atoms with van der Waals surface area (Å²) < 4.78 is 109. The number of hydrogen-bond donors (Lipinski definition) is 1. The molecule has 1 aromatic heterocycles. The first-order chi connectivity index (χ1) is 20.3. The molecule has 2 atom stereocenters. The number of fused-ring (bicyclic) bond motifs is 2. The summed E-state index contributed by atoms with van der Waals surface area (Å²) in [5, 5.41) is 12.6. The lowest BCUT2D eigenvalue weighted by Gasteiger charge is -2.21. The van der Waals surface area contributed by atoms with E-state index in [2.05, 4.69) is 5.10 Å². The first-order valence-corrected chi connectivity index (χ1v) is 13.1. The van der Waals surface area contributed by atoms with E-state index in [-0.39, 0.29) is 65.5 Å². The number of rotatable bonds is 6. The van der Waals surface area contributed by atoms with E-state index in [4.69, 9.17) is 14.6 Å². The van der Waals surface area contributed by atoms with Crippen LogP contribution in [-0.2, 0) is 23.6 Å². The number of carbonyl (C=O) groups is 1. The number of carboxylic acids is 1. The molecule has 6 rings (SSSR count). The Hall–Kier alpha value is -4.55. The van der Waals surface area contributed by atoms with Crippen LogP contribution in [0.4, 0.5) is 30.7 Å². The highest BCUT2D eigenvalue weighted by molar-refractivity contribution is 5.75. The second-order valence-electron chi connectivity index (χ2n) is 10.3. The zero-order valence-corrected chi connectivity index (χ0v) is 22.0. The third-order valence-electron chi connectivity index (χ3n) is 7.57. The Balaban J connectivity index is 1.33. The molecule has 0 fully saturated rings. The van der Waals surface area contributed by atoms with Gasteiger partial charge in [-0.3, -0.25) is 4.79 Å². The molecule has 0 spiro atoms. The fourth-order valence-corrected chi connectivity index (χ4v) is 5.69. The third-order valence-corrected chi connectivity index (χ3v) is 7.57. The molecule has 224 valence electrons. The lowest BCUT2D eigenvalue weighted by Crippen LogP contribution is -2.13. The Labute approximate surface area is 239 Å². The summed E-state index contributed by atoms with van der Waals surface area (Å²) in [5.41, 5.74) is -1.42. The summed E-state index contributed by atoms with van der Waals surface area (Å²) in [5.74, 6) is -1.66. The summed E-state index contributed by atoms with van der Waals surface area (Å²) in [4.78, 5) is 11.1. The summed E-state index contributed by atoms with van der Waals surface area (Å²) in [6.45, 7) is 0.179. The molecule has 0 saturated heterocycles. The van der Waals surface area contributed by atoms with E-state index in [0.29, 0.717) is 17.4 Å². The van der Waals surface area contributed by atoms with Crippen molar-refractivity contribution in [3.63, 3.8) is 0 Å². The SMILES string of the molecule is O=C(O)CC1COc2cc(O[C@@H]3CCc4c(-c5ccc(-n6ccc(C(F)(F)F)n6)cc5)c(C(F)(F)F)cc(F)c43)ccc21. The number of ether oxygens (including phenoxy) is 2. The average Bonchev–Trinajstić information content (AvgIpc) is 3.67. The van der Waals surface area contributed by atoms with Crippen molar-refractivity contribution in [2.24, 2.45) is 0 Å². The molecule has 1 aliphatic carbocycles. The highest BCUT2D eigenvalue weighted by Gasteiger charge is 2.40. The minimum absolute atomic E-state index is 0.0147. The van der Waals surface area contributed by atoms with Gasteiger partial charge in [-0.15, -0.1) is 0 Å². The first-order valence-electron chi connectivity index (χ1n) is 13.1. The number of hydrogen-bond acceptors (Lipinski definition) is 4. The highest BCUT2D eigenvalue weighted by atomic mass is 19.4. The number of nitrogens with zero attached hydrogens (tertiary/aromatic N) is 2. The van der Waals surface area contributed by atoms with Crippen LogP contribution in [0.3, 0.4) is 0 Å². The Morgan fingerprint density at radius 2 is 1.77 bits per heavy atom. The Bertz CT molecular complexity index is 1710. The quantitative estimate of drug-likeness (QED) is 0.228. The number of benzene rings is 3. The van der Waals surface area contributed by atoms with Crippen LogP contribution in [0.2, 0.25) is 0 Å². The van der Waals surface area contributed by atoms with Crippen molar-refractivity contribution in [1.29, 1.82) is 0 Å². The standard InChI is InChI=1S/C30H21F7N2O4/c31-22-13-21(29(32,33)34)27(15-1-3-17(4-2-15)39-10-9-25(38-39)30(35,36)37)20-7-8-23(28(20)22)43-18-5-6-19-16(11-26(40)41)14-42-24(19)12-18/h1-6,9-10,12-13,16,23H,7-8,11,14H2,(H,40,41)/t16?,23-/m1/s1. The normalized spacial score (nSPS) is 17.8. The molecule has 13 heteroatoms. The largest absolute Gasteiger partial charge is 0.492 e. The Morgan fingerprint density at radius 3 is 2.42 bits per heavy atom. The van der Waals surface area contributed by atoms with Gasteiger partial charge in [-0.25, -0.2) is 9.07 Å². The van der Waals surface area contributed by atoms with Gasteiger partial charge in [0.1, 0.15) is 23.4 Å². The van der Waals surface area contributed by atoms with Crippen molar-refractivity contribution >= 4 is 5.97 Å². The van der Waals surface area contributed by atoms with Gasteiger partial charge in [0.15, 0.2) is 5.69 Å². The van der Waals surface area contributed by atoms with Crippen LogP contribution in [0.1, 0.15) is 52.8 Å². The van der Waals surface area contributed by atoms with E-state index in [0.717, 1.165) is 16.9 Å². The molecule has 0 amide bonds. The van der Waals surface area contributed by atoms with Crippen molar-refractivity contribution in [2.45, 2.75) is 43.6 Å². The Kier molecular flexibility index (Phi) is 6.85. The van der Waals surface area contributed by atoms with E-state index in [9.17, 15) is 31.1 Å². The van der Waals surface area contributed by atoms with Gasteiger partial charge in [0, 0.05) is 29.3 Å². The molecule has 1 aliphatic heterocycles. The average molecular weight is 606 g/mol. The van der Waals surface area contributed by atoms with Crippen LogP contribution in [0.5, 0.6) is 11.5 Å². The molecule has 2 heterocycles. The van der Waals surface area contributed by atoms with E-state index in [1.807, 2.05) is 0 Å². The molecule has 0 bridgehead atoms. The van der Waals surface area contributed by atoms with Crippen molar-refractivity contribution < 1.29 is 50.1 Å². The maximum Gasteiger partial charge on any atom is 0.435 e. The van der Waals surface area contributed by atoms with Gasteiger partial charge in [0.05, 0.1) is 24.3 Å². The van der Waals surface area contributed by atoms with E-state index >= 15 is 4.39 Å².